The summed E-state index contributed by atoms with van der Waals surface area (Å²) in [6.07, 6.45) is 3.86. The van der Waals surface area contributed by atoms with Gasteiger partial charge >= 0.3 is 0 Å². The van der Waals surface area contributed by atoms with Crippen LogP contribution in [-0.4, -0.2) is 22.4 Å². The Morgan fingerprint density at radius 1 is 1.12 bits per heavy atom. The lowest BCUT2D eigenvalue weighted by atomic mass is 10.2. The number of aromatic nitrogens is 2. The average Bonchev–Trinajstić information content (AvgIpc) is 2.61. The van der Waals surface area contributed by atoms with Crippen molar-refractivity contribution in [2.45, 2.75) is 13.0 Å². The van der Waals surface area contributed by atoms with Crippen LogP contribution in [0.25, 0.3) is 11.0 Å². The minimum Gasteiger partial charge on any atom is -0.383 e. The Hall–Kier alpha value is -2.47. The molecule has 0 unspecified atom stereocenters. The quantitative estimate of drug-likeness (QED) is 0.682. The van der Waals surface area contributed by atoms with E-state index in [0.717, 1.165) is 26.8 Å². The predicted octanol–water partition coefficient (Wildman–Crippen LogP) is 3.51. The van der Waals surface area contributed by atoms with Crippen LogP contribution in [0.2, 0.25) is 0 Å². The van der Waals surface area contributed by atoms with Crippen molar-refractivity contribution in [1.29, 1.82) is 0 Å². The van der Waals surface area contributed by atoms with E-state index in [1.54, 1.807) is 12.4 Å². The third kappa shape index (κ3) is 4.29. The van der Waals surface area contributed by atoms with Crippen LogP contribution in [0.1, 0.15) is 12.0 Å². The SMILES string of the molecule is O=C(CCNc1ccnc2cc(Br)cnc12)NCc1ccccc1. The van der Waals surface area contributed by atoms with E-state index in [-0.39, 0.29) is 5.91 Å². The zero-order valence-electron chi connectivity index (χ0n) is 13.0. The number of carbonyl (C=O) groups is 1. The fraction of sp³-hybridized carbons (Fsp3) is 0.167. The zero-order chi connectivity index (χ0) is 16.8. The molecule has 1 amide bonds. The van der Waals surface area contributed by atoms with Gasteiger partial charge in [0.05, 0.1) is 11.2 Å². The molecule has 1 aromatic carbocycles. The molecule has 3 aromatic rings. The van der Waals surface area contributed by atoms with Crippen LogP contribution in [-0.2, 0) is 11.3 Å². The van der Waals surface area contributed by atoms with Crippen molar-refractivity contribution in [2.75, 3.05) is 11.9 Å². The fourth-order valence-corrected chi connectivity index (χ4v) is 2.66. The molecule has 0 atom stereocenters. The van der Waals surface area contributed by atoms with E-state index in [9.17, 15) is 4.79 Å². The van der Waals surface area contributed by atoms with Crippen molar-refractivity contribution in [3.8, 4) is 0 Å². The monoisotopic (exact) mass is 384 g/mol. The third-order valence-corrected chi connectivity index (χ3v) is 3.98. The highest BCUT2D eigenvalue weighted by Gasteiger charge is 2.05. The molecule has 6 heteroatoms. The van der Waals surface area contributed by atoms with Crippen molar-refractivity contribution in [3.63, 3.8) is 0 Å². The molecule has 2 heterocycles. The molecule has 0 radical (unpaired) electrons. The summed E-state index contributed by atoms with van der Waals surface area (Å²) in [4.78, 5) is 20.6. The smallest absolute Gasteiger partial charge is 0.222 e. The molecule has 0 saturated heterocycles. The van der Waals surface area contributed by atoms with Gasteiger partial charge in [-0.05, 0) is 33.6 Å². The van der Waals surface area contributed by atoms with Gasteiger partial charge in [-0.1, -0.05) is 30.3 Å². The van der Waals surface area contributed by atoms with Gasteiger partial charge in [0, 0.05) is 36.4 Å². The molecule has 0 spiro atoms. The summed E-state index contributed by atoms with van der Waals surface area (Å²) in [5.74, 6) is 0.0143. The minimum atomic E-state index is 0.0143. The molecular weight excluding hydrogens is 368 g/mol. The maximum atomic E-state index is 11.9. The first kappa shape index (κ1) is 16.4. The lowest BCUT2D eigenvalue weighted by Crippen LogP contribution is -2.24. The van der Waals surface area contributed by atoms with E-state index in [2.05, 4.69) is 36.5 Å². The number of anilines is 1. The van der Waals surface area contributed by atoms with Gasteiger partial charge in [-0.15, -0.1) is 0 Å². The number of hydrogen-bond donors (Lipinski definition) is 2. The van der Waals surface area contributed by atoms with Gasteiger partial charge in [-0.2, -0.15) is 0 Å². The molecule has 2 N–H and O–H groups in total. The second-order valence-electron chi connectivity index (χ2n) is 5.32. The highest BCUT2D eigenvalue weighted by Crippen LogP contribution is 2.21. The number of nitrogens with zero attached hydrogens (tertiary/aromatic N) is 2. The lowest BCUT2D eigenvalue weighted by molar-refractivity contribution is -0.121. The summed E-state index contributed by atoms with van der Waals surface area (Å²) in [7, 11) is 0. The third-order valence-electron chi connectivity index (χ3n) is 3.54. The van der Waals surface area contributed by atoms with E-state index >= 15 is 0 Å². The number of amides is 1. The van der Waals surface area contributed by atoms with Gasteiger partial charge in [0.15, 0.2) is 0 Å². The van der Waals surface area contributed by atoms with Crippen LogP contribution < -0.4 is 10.6 Å². The first-order valence-electron chi connectivity index (χ1n) is 7.67. The molecule has 24 heavy (non-hydrogen) atoms. The number of rotatable bonds is 6. The summed E-state index contributed by atoms with van der Waals surface area (Å²) in [5.41, 5.74) is 3.57. The van der Waals surface area contributed by atoms with Crippen LogP contribution in [0.3, 0.4) is 0 Å². The molecule has 3 rings (SSSR count). The number of pyridine rings is 2. The van der Waals surface area contributed by atoms with Gasteiger partial charge < -0.3 is 10.6 Å². The van der Waals surface area contributed by atoms with E-state index in [0.29, 0.717) is 19.5 Å². The number of fused-ring (bicyclic) bond motifs is 1. The maximum Gasteiger partial charge on any atom is 0.222 e. The second-order valence-corrected chi connectivity index (χ2v) is 6.23. The van der Waals surface area contributed by atoms with Crippen LogP contribution in [0, 0.1) is 0 Å². The van der Waals surface area contributed by atoms with Crippen LogP contribution in [0.4, 0.5) is 5.69 Å². The first-order valence-corrected chi connectivity index (χ1v) is 8.46. The van der Waals surface area contributed by atoms with Gasteiger partial charge in [-0.25, -0.2) is 0 Å². The summed E-state index contributed by atoms with van der Waals surface area (Å²) in [6.45, 7) is 1.09. The second kappa shape index (κ2) is 7.88. The average molecular weight is 385 g/mol. The Balaban J connectivity index is 1.52. The highest BCUT2D eigenvalue weighted by molar-refractivity contribution is 9.10. The Morgan fingerprint density at radius 3 is 2.79 bits per heavy atom. The Kier molecular flexibility index (Phi) is 5.38. The number of nitrogens with one attached hydrogen (secondary N) is 2. The molecule has 122 valence electrons. The standard InChI is InChI=1S/C18H17BrN4O/c19-14-10-16-18(23-12-14)15(6-8-21-16)20-9-7-17(24)22-11-13-4-2-1-3-5-13/h1-6,8,10,12H,7,9,11H2,(H,20,21)(H,22,24). The normalized spacial score (nSPS) is 10.5. The molecule has 0 aliphatic carbocycles. The number of carbonyl (C=O) groups excluding carboxylic acids is 1. The molecule has 5 nitrogen and oxygen atoms in total. The molecule has 0 bridgehead atoms. The van der Waals surface area contributed by atoms with Crippen molar-refractivity contribution >= 4 is 38.6 Å². The lowest BCUT2D eigenvalue weighted by Gasteiger charge is -2.09. The first-order chi connectivity index (χ1) is 11.7. The fourth-order valence-electron chi connectivity index (χ4n) is 2.34. The van der Waals surface area contributed by atoms with Gasteiger partial charge in [-0.3, -0.25) is 14.8 Å². The summed E-state index contributed by atoms with van der Waals surface area (Å²) in [5, 5.41) is 6.17. The summed E-state index contributed by atoms with van der Waals surface area (Å²) >= 11 is 3.39. The van der Waals surface area contributed by atoms with Gasteiger partial charge in [0.1, 0.15) is 5.52 Å². The van der Waals surface area contributed by atoms with E-state index in [1.165, 1.54) is 0 Å². The molecule has 0 aliphatic rings. The predicted molar refractivity (Wildman–Crippen MR) is 98.6 cm³/mol. The molecule has 0 aliphatic heterocycles. The number of halogens is 1. The van der Waals surface area contributed by atoms with Crippen LogP contribution in [0.5, 0.6) is 0 Å². The topological polar surface area (TPSA) is 66.9 Å². The van der Waals surface area contributed by atoms with Gasteiger partial charge in [0.25, 0.3) is 0 Å². The van der Waals surface area contributed by atoms with Crippen LogP contribution in [0.15, 0.2) is 59.3 Å². The maximum absolute atomic E-state index is 11.9. The Bertz CT molecular complexity index is 839. The molecule has 0 fully saturated rings. The van der Waals surface area contributed by atoms with E-state index in [4.69, 9.17) is 0 Å². The Morgan fingerprint density at radius 2 is 1.96 bits per heavy atom. The highest BCUT2D eigenvalue weighted by atomic mass is 79.9. The zero-order valence-corrected chi connectivity index (χ0v) is 14.6. The largest absolute Gasteiger partial charge is 0.383 e. The molecular formula is C18H17BrN4O. The van der Waals surface area contributed by atoms with E-state index < -0.39 is 0 Å². The molecule has 2 aromatic heterocycles. The number of hydrogen-bond acceptors (Lipinski definition) is 4. The number of benzene rings is 1. The van der Waals surface area contributed by atoms with Crippen molar-refractivity contribution in [2.24, 2.45) is 0 Å². The molecule has 0 saturated carbocycles. The van der Waals surface area contributed by atoms with Crippen molar-refractivity contribution in [1.82, 2.24) is 15.3 Å². The van der Waals surface area contributed by atoms with Gasteiger partial charge in [0.2, 0.25) is 5.91 Å². The summed E-state index contributed by atoms with van der Waals surface area (Å²) < 4.78 is 0.889. The van der Waals surface area contributed by atoms with Crippen molar-refractivity contribution in [3.05, 3.63) is 64.9 Å². The minimum absolute atomic E-state index is 0.0143. The Labute approximate surface area is 148 Å². The van der Waals surface area contributed by atoms with E-state index in [1.807, 2.05) is 42.5 Å². The summed E-state index contributed by atoms with van der Waals surface area (Å²) in [6, 6.07) is 13.6. The van der Waals surface area contributed by atoms with Crippen molar-refractivity contribution < 1.29 is 4.79 Å². The van der Waals surface area contributed by atoms with Crippen LogP contribution >= 0.6 is 15.9 Å².